The highest BCUT2D eigenvalue weighted by Gasteiger charge is 2.05. The summed E-state index contributed by atoms with van der Waals surface area (Å²) in [7, 11) is 1.81. The Bertz CT molecular complexity index is 521. The van der Waals surface area contributed by atoms with Crippen LogP contribution in [0.1, 0.15) is 5.56 Å². The van der Waals surface area contributed by atoms with Gasteiger partial charge in [0.2, 0.25) is 5.91 Å². The van der Waals surface area contributed by atoms with E-state index in [-0.39, 0.29) is 12.3 Å². The zero-order valence-electron chi connectivity index (χ0n) is 9.22. The number of aromatic nitrogens is 3. The van der Waals surface area contributed by atoms with E-state index >= 15 is 0 Å². The Labute approximate surface area is 103 Å². The molecule has 0 bridgehead atoms. The van der Waals surface area contributed by atoms with Crippen LogP contribution in [0.3, 0.4) is 0 Å². The van der Waals surface area contributed by atoms with Gasteiger partial charge in [-0.05, 0) is 17.7 Å². The molecule has 17 heavy (non-hydrogen) atoms. The van der Waals surface area contributed by atoms with Gasteiger partial charge in [0.15, 0.2) is 0 Å². The summed E-state index contributed by atoms with van der Waals surface area (Å²) in [4.78, 5) is 15.5. The van der Waals surface area contributed by atoms with Gasteiger partial charge in [0, 0.05) is 13.2 Å². The van der Waals surface area contributed by atoms with Crippen LogP contribution in [0.15, 0.2) is 30.7 Å². The summed E-state index contributed by atoms with van der Waals surface area (Å²) >= 11 is 5.65. The van der Waals surface area contributed by atoms with Crippen LogP contribution in [-0.4, -0.2) is 20.7 Å². The van der Waals surface area contributed by atoms with Crippen LogP contribution in [0.4, 0.5) is 5.69 Å². The molecular weight excluding hydrogens is 240 g/mol. The SMILES string of the molecule is Cn1cc(CC(=O)Nc2ccc(Cl)nc2)cn1. The Morgan fingerprint density at radius 1 is 1.47 bits per heavy atom. The molecule has 0 fully saturated rings. The lowest BCUT2D eigenvalue weighted by atomic mass is 10.2. The number of hydrogen-bond acceptors (Lipinski definition) is 3. The van der Waals surface area contributed by atoms with Crippen molar-refractivity contribution < 1.29 is 4.79 Å². The third-order valence-electron chi connectivity index (χ3n) is 2.13. The second-order valence-electron chi connectivity index (χ2n) is 3.62. The normalized spacial score (nSPS) is 10.2. The molecular formula is C11H11ClN4O. The first-order chi connectivity index (χ1) is 8.13. The molecule has 0 unspecified atom stereocenters. The number of rotatable bonds is 3. The highest BCUT2D eigenvalue weighted by molar-refractivity contribution is 6.29. The molecule has 0 spiro atoms. The quantitative estimate of drug-likeness (QED) is 0.843. The average Bonchev–Trinajstić information content (AvgIpc) is 2.67. The molecule has 2 heterocycles. The molecule has 1 amide bonds. The maximum absolute atomic E-state index is 11.7. The summed E-state index contributed by atoms with van der Waals surface area (Å²) in [6, 6.07) is 3.33. The molecule has 0 saturated heterocycles. The minimum absolute atomic E-state index is 0.109. The van der Waals surface area contributed by atoms with Crippen molar-refractivity contribution in [3.63, 3.8) is 0 Å². The predicted octanol–water partition coefficient (Wildman–Crippen LogP) is 1.65. The fourth-order valence-corrected chi connectivity index (χ4v) is 1.52. The maximum Gasteiger partial charge on any atom is 0.228 e. The van der Waals surface area contributed by atoms with E-state index in [1.54, 1.807) is 29.2 Å². The van der Waals surface area contributed by atoms with Crippen LogP contribution in [0.25, 0.3) is 0 Å². The first-order valence-electron chi connectivity index (χ1n) is 5.02. The Balaban J connectivity index is 1.95. The number of halogens is 1. The number of anilines is 1. The van der Waals surface area contributed by atoms with Gasteiger partial charge in [-0.3, -0.25) is 9.48 Å². The largest absolute Gasteiger partial charge is 0.324 e. The van der Waals surface area contributed by atoms with E-state index < -0.39 is 0 Å². The van der Waals surface area contributed by atoms with Crippen molar-refractivity contribution >= 4 is 23.2 Å². The van der Waals surface area contributed by atoms with Gasteiger partial charge in [0.1, 0.15) is 5.15 Å². The lowest BCUT2D eigenvalue weighted by molar-refractivity contribution is -0.115. The van der Waals surface area contributed by atoms with Gasteiger partial charge >= 0.3 is 0 Å². The highest BCUT2D eigenvalue weighted by Crippen LogP contribution is 2.10. The van der Waals surface area contributed by atoms with E-state index in [1.807, 2.05) is 7.05 Å². The number of carbonyl (C=O) groups excluding carboxylic acids is 1. The van der Waals surface area contributed by atoms with Crippen LogP contribution in [0.5, 0.6) is 0 Å². The summed E-state index contributed by atoms with van der Waals surface area (Å²) < 4.78 is 1.66. The Morgan fingerprint density at radius 3 is 2.88 bits per heavy atom. The Hall–Kier alpha value is -1.88. The molecule has 2 aromatic heterocycles. The molecule has 0 aliphatic carbocycles. The van der Waals surface area contributed by atoms with Crippen molar-refractivity contribution in [3.8, 4) is 0 Å². The van der Waals surface area contributed by atoms with E-state index in [2.05, 4.69) is 15.4 Å². The zero-order valence-corrected chi connectivity index (χ0v) is 9.98. The third kappa shape index (κ3) is 3.29. The molecule has 1 N–H and O–H groups in total. The van der Waals surface area contributed by atoms with Crippen LogP contribution in [-0.2, 0) is 18.3 Å². The van der Waals surface area contributed by atoms with Gasteiger partial charge in [0.25, 0.3) is 0 Å². The number of pyridine rings is 1. The molecule has 5 nitrogen and oxygen atoms in total. The van der Waals surface area contributed by atoms with Gasteiger partial charge in [-0.2, -0.15) is 5.10 Å². The minimum Gasteiger partial charge on any atom is -0.324 e. The molecule has 0 saturated carbocycles. The molecule has 0 aliphatic rings. The second-order valence-corrected chi connectivity index (χ2v) is 4.00. The molecule has 2 rings (SSSR count). The standard InChI is InChI=1S/C11H11ClN4O/c1-16-7-8(5-14-16)4-11(17)15-9-2-3-10(12)13-6-9/h2-3,5-7H,4H2,1H3,(H,15,17). The minimum atomic E-state index is -0.109. The Kier molecular flexibility index (Phi) is 3.39. The maximum atomic E-state index is 11.7. The van der Waals surface area contributed by atoms with Crippen molar-refractivity contribution in [1.29, 1.82) is 0 Å². The highest BCUT2D eigenvalue weighted by atomic mass is 35.5. The van der Waals surface area contributed by atoms with Crippen molar-refractivity contribution in [1.82, 2.24) is 14.8 Å². The van der Waals surface area contributed by atoms with Gasteiger partial charge in [0.05, 0.1) is 24.5 Å². The fraction of sp³-hybridized carbons (Fsp3) is 0.182. The fourth-order valence-electron chi connectivity index (χ4n) is 1.40. The number of aryl methyl sites for hydroxylation is 1. The number of hydrogen-bond donors (Lipinski definition) is 1. The summed E-state index contributed by atoms with van der Waals surface area (Å²) in [5.41, 5.74) is 1.50. The smallest absolute Gasteiger partial charge is 0.228 e. The summed E-state index contributed by atoms with van der Waals surface area (Å²) in [6.45, 7) is 0. The summed E-state index contributed by atoms with van der Waals surface area (Å²) in [5.74, 6) is -0.109. The van der Waals surface area contributed by atoms with Gasteiger partial charge in [-0.15, -0.1) is 0 Å². The van der Waals surface area contributed by atoms with Crippen LogP contribution in [0.2, 0.25) is 5.15 Å². The Morgan fingerprint density at radius 2 is 2.29 bits per heavy atom. The van der Waals surface area contributed by atoms with Crippen LogP contribution in [0, 0.1) is 0 Å². The molecule has 0 aromatic carbocycles. The first kappa shape index (κ1) is 11.6. The predicted molar refractivity (Wildman–Crippen MR) is 64.8 cm³/mol. The summed E-state index contributed by atoms with van der Waals surface area (Å²) in [6.07, 6.45) is 5.28. The van der Waals surface area contributed by atoms with Gasteiger partial charge in [-0.25, -0.2) is 4.98 Å². The van der Waals surface area contributed by atoms with Crippen molar-refractivity contribution in [3.05, 3.63) is 41.4 Å². The van der Waals surface area contributed by atoms with Crippen LogP contribution < -0.4 is 5.32 Å². The number of nitrogens with zero attached hydrogens (tertiary/aromatic N) is 3. The lowest BCUT2D eigenvalue weighted by Gasteiger charge is -2.03. The molecule has 0 radical (unpaired) electrons. The second kappa shape index (κ2) is 4.97. The number of carbonyl (C=O) groups is 1. The number of nitrogens with one attached hydrogen (secondary N) is 1. The van der Waals surface area contributed by atoms with E-state index in [9.17, 15) is 4.79 Å². The van der Waals surface area contributed by atoms with E-state index in [1.165, 1.54) is 6.20 Å². The van der Waals surface area contributed by atoms with Gasteiger partial charge < -0.3 is 5.32 Å². The van der Waals surface area contributed by atoms with Gasteiger partial charge in [-0.1, -0.05) is 11.6 Å². The monoisotopic (exact) mass is 250 g/mol. The molecule has 0 atom stereocenters. The third-order valence-corrected chi connectivity index (χ3v) is 2.36. The topological polar surface area (TPSA) is 59.8 Å². The first-order valence-corrected chi connectivity index (χ1v) is 5.40. The van der Waals surface area contributed by atoms with Crippen LogP contribution >= 0.6 is 11.6 Å². The van der Waals surface area contributed by atoms with E-state index in [4.69, 9.17) is 11.6 Å². The summed E-state index contributed by atoms with van der Waals surface area (Å²) in [5, 5.41) is 7.12. The molecule has 88 valence electrons. The van der Waals surface area contributed by atoms with E-state index in [0.29, 0.717) is 10.8 Å². The molecule has 0 aliphatic heterocycles. The van der Waals surface area contributed by atoms with E-state index in [0.717, 1.165) is 5.56 Å². The lowest BCUT2D eigenvalue weighted by Crippen LogP contribution is -2.14. The van der Waals surface area contributed by atoms with Crippen molar-refractivity contribution in [2.45, 2.75) is 6.42 Å². The molecule has 6 heteroatoms. The zero-order chi connectivity index (χ0) is 12.3. The number of amides is 1. The van der Waals surface area contributed by atoms with Crippen molar-refractivity contribution in [2.24, 2.45) is 7.05 Å². The van der Waals surface area contributed by atoms with Crippen molar-refractivity contribution in [2.75, 3.05) is 5.32 Å². The average molecular weight is 251 g/mol. The molecule has 2 aromatic rings.